The van der Waals surface area contributed by atoms with E-state index < -0.39 is 0 Å². The van der Waals surface area contributed by atoms with Crippen molar-refractivity contribution >= 4 is 0 Å². The molecule has 2 fully saturated rings. The fourth-order valence-electron chi connectivity index (χ4n) is 4.58. The van der Waals surface area contributed by atoms with Crippen LogP contribution < -0.4 is 14.8 Å². The topological polar surface area (TPSA) is 30.5 Å². The monoisotopic (exact) mass is 287 g/mol. The second-order valence-electron chi connectivity index (χ2n) is 7.13. The molecular weight excluding hydrogens is 262 g/mol. The van der Waals surface area contributed by atoms with E-state index >= 15 is 0 Å². The van der Waals surface area contributed by atoms with Gasteiger partial charge in [-0.2, -0.15) is 0 Å². The molecule has 0 saturated heterocycles. The third-order valence-corrected chi connectivity index (χ3v) is 5.71. The molecule has 1 aliphatic heterocycles. The number of nitrogens with one attached hydrogen (secondary N) is 1. The van der Waals surface area contributed by atoms with E-state index in [2.05, 4.69) is 30.4 Å². The van der Waals surface area contributed by atoms with Crippen LogP contribution in [0.3, 0.4) is 0 Å². The minimum absolute atomic E-state index is 0.312. The lowest BCUT2D eigenvalue weighted by atomic mass is 9.43. The van der Waals surface area contributed by atoms with Crippen molar-refractivity contribution in [3.63, 3.8) is 0 Å². The Balaban J connectivity index is 1.61. The van der Waals surface area contributed by atoms with Crippen molar-refractivity contribution in [2.24, 2.45) is 5.41 Å². The van der Waals surface area contributed by atoms with Gasteiger partial charge in [0.15, 0.2) is 11.5 Å². The Labute approximate surface area is 127 Å². The lowest BCUT2D eigenvalue weighted by Gasteiger charge is -2.62. The second kappa shape index (κ2) is 4.91. The first kappa shape index (κ1) is 13.4. The Morgan fingerprint density at radius 2 is 1.86 bits per heavy atom. The van der Waals surface area contributed by atoms with E-state index in [0.717, 1.165) is 24.6 Å². The van der Waals surface area contributed by atoms with Crippen molar-refractivity contribution in [2.45, 2.75) is 44.4 Å². The van der Waals surface area contributed by atoms with Crippen LogP contribution in [0.15, 0.2) is 18.2 Å². The van der Waals surface area contributed by atoms with E-state index in [9.17, 15) is 0 Å². The summed E-state index contributed by atoms with van der Waals surface area (Å²) in [5.41, 5.74) is 2.42. The molecule has 0 bridgehead atoms. The van der Waals surface area contributed by atoms with E-state index in [1.54, 1.807) is 0 Å². The van der Waals surface area contributed by atoms with E-state index in [1.807, 2.05) is 0 Å². The Morgan fingerprint density at radius 3 is 2.52 bits per heavy atom. The molecule has 1 N–H and O–H groups in total. The van der Waals surface area contributed by atoms with Crippen molar-refractivity contribution in [3.05, 3.63) is 23.8 Å². The highest BCUT2D eigenvalue weighted by atomic mass is 16.6. The van der Waals surface area contributed by atoms with Gasteiger partial charge in [0, 0.05) is 12.0 Å². The Hall–Kier alpha value is -1.22. The molecule has 1 spiro atoms. The SMILES string of the molecule is CCNCC1(c2ccc3c(c2)OCCO3)CC2(CCC2)C1. The molecule has 0 amide bonds. The van der Waals surface area contributed by atoms with Gasteiger partial charge in [0.05, 0.1) is 0 Å². The van der Waals surface area contributed by atoms with Crippen LogP contribution in [0, 0.1) is 5.41 Å². The van der Waals surface area contributed by atoms with E-state index in [-0.39, 0.29) is 0 Å². The first-order chi connectivity index (χ1) is 10.3. The van der Waals surface area contributed by atoms with Crippen LogP contribution in [-0.4, -0.2) is 26.3 Å². The van der Waals surface area contributed by atoms with Crippen LogP contribution in [0.1, 0.15) is 44.6 Å². The molecule has 0 radical (unpaired) electrons. The maximum atomic E-state index is 5.78. The molecule has 1 aromatic carbocycles. The van der Waals surface area contributed by atoms with Gasteiger partial charge >= 0.3 is 0 Å². The zero-order valence-electron chi connectivity index (χ0n) is 12.9. The maximum absolute atomic E-state index is 5.78. The third kappa shape index (κ3) is 2.13. The number of ether oxygens (including phenoxy) is 2. The molecule has 0 atom stereocenters. The zero-order valence-corrected chi connectivity index (χ0v) is 12.9. The van der Waals surface area contributed by atoms with Crippen LogP contribution in [0.2, 0.25) is 0 Å². The van der Waals surface area contributed by atoms with Crippen LogP contribution in [0.5, 0.6) is 11.5 Å². The van der Waals surface area contributed by atoms with E-state index in [1.165, 1.54) is 37.7 Å². The van der Waals surface area contributed by atoms with Crippen molar-refractivity contribution in [1.82, 2.24) is 5.32 Å². The summed E-state index contributed by atoms with van der Waals surface area (Å²) in [5, 5.41) is 3.58. The Kier molecular flexibility index (Phi) is 3.14. The highest BCUT2D eigenvalue weighted by molar-refractivity contribution is 5.47. The van der Waals surface area contributed by atoms with Crippen LogP contribution in [0.4, 0.5) is 0 Å². The van der Waals surface area contributed by atoms with Crippen molar-refractivity contribution in [3.8, 4) is 11.5 Å². The highest BCUT2D eigenvalue weighted by Crippen LogP contribution is 2.65. The summed E-state index contributed by atoms with van der Waals surface area (Å²) in [6.07, 6.45) is 6.98. The summed E-state index contributed by atoms with van der Waals surface area (Å²) in [6, 6.07) is 6.59. The summed E-state index contributed by atoms with van der Waals surface area (Å²) in [7, 11) is 0. The molecule has 3 aliphatic rings. The molecule has 3 heteroatoms. The average molecular weight is 287 g/mol. The van der Waals surface area contributed by atoms with Gasteiger partial charge in [0.1, 0.15) is 13.2 Å². The number of hydrogen-bond acceptors (Lipinski definition) is 3. The normalized spacial score (nSPS) is 24.2. The minimum Gasteiger partial charge on any atom is -0.486 e. The first-order valence-corrected chi connectivity index (χ1v) is 8.36. The quantitative estimate of drug-likeness (QED) is 0.922. The van der Waals surface area contributed by atoms with Crippen LogP contribution in [0.25, 0.3) is 0 Å². The molecule has 0 aromatic heterocycles. The Bertz CT molecular complexity index is 528. The number of likely N-dealkylation sites (N-methyl/N-ethyl adjacent to an activating group) is 1. The molecule has 114 valence electrons. The molecule has 2 aliphatic carbocycles. The average Bonchev–Trinajstić information content (AvgIpc) is 2.44. The molecule has 0 unspecified atom stereocenters. The van der Waals surface area contributed by atoms with E-state index in [4.69, 9.17) is 9.47 Å². The third-order valence-electron chi connectivity index (χ3n) is 5.71. The summed E-state index contributed by atoms with van der Waals surface area (Å²) in [5.74, 6) is 1.84. The molecule has 21 heavy (non-hydrogen) atoms. The smallest absolute Gasteiger partial charge is 0.161 e. The summed E-state index contributed by atoms with van der Waals surface area (Å²) in [6.45, 7) is 5.65. The first-order valence-electron chi connectivity index (χ1n) is 8.36. The van der Waals surface area contributed by atoms with Gasteiger partial charge in [-0.25, -0.2) is 0 Å². The predicted molar refractivity (Wildman–Crippen MR) is 83.2 cm³/mol. The standard InChI is InChI=1S/C18H25NO2/c1-2-19-13-18(11-17(12-18)6-3-7-17)14-4-5-15-16(10-14)21-9-8-20-15/h4-5,10,19H,2-3,6-9,11-13H2,1H3. The fourth-order valence-corrected chi connectivity index (χ4v) is 4.58. The molecular formula is C18H25NO2. The number of hydrogen-bond donors (Lipinski definition) is 1. The fraction of sp³-hybridized carbons (Fsp3) is 0.667. The van der Waals surface area contributed by atoms with E-state index in [0.29, 0.717) is 24.0 Å². The molecule has 1 aromatic rings. The lowest BCUT2D eigenvalue weighted by molar-refractivity contribution is -0.0482. The largest absolute Gasteiger partial charge is 0.486 e. The van der Waals surface area contributed by atoms with Crippen molar-refractivity contribution in [1.29, 1.82) is 0 Å². The van der Waals surface area contributed by atoms with Gasteiger partial charge in [-0.1, -0.05) is 19.4 Å². The second-order valence-corrected chi connectivity index (χ2v) is 7.13. The summed E-state index contributed by atoms with van der Waals surface area (Å²) >= 11 is 0. The number of fused-ring (bicyclic) bond motifs is 1. The van der Waals surface area contributed by atoms with Gasteiger partial charge in [-0.3, -0.25) is 0 Å². The van der Waals surface area contributed by atoms with Gasteiger partial charge in [0.25, 0.3) is 0 Å². The summed E-state index contributed by atoms with van der Waals surface area (Å²) < 4.78 is 11.4. The van der Waals surface area contributed by atoms with Gasteiger partial charge in [-0.05, 0) is 55.3 Å². The maximum Gasteiger partial charge on any atom is 0.161 e. The minimum atomic E-state index is 0.312. The van der Waals surface area contributed by atoms with Crippen molar-refractivity contribution < 1.29 is 9.47 Å². The zero-order chi connectivity index (χ0) is 14.3. The molecule has 3 nitrogen and oxygen atoms in total. The number of benzene rings is 1. The molecule has 1 heterocycles. The lowest BCUT2D eigenvalue weighted by Crippen LogP contribution is -2.57. The van der Waals surface area contributed by atoms with Crippen LogP contribution >= 0.6 is 0 Å². The molecule has 4 rings (SSSR count). The Morgan fingerprint density at radius 1 is 1.10 bits per heavy atom. The highest BCUT2D eigenvalue weighted by Gasteiger charge is 2.57. The van der Waals surface area contributed by atoms with Gasteiger partial charge in [0.2, 0.25) is 0 Å². The van der Waals surface area contributed by atoms with Gasteiger partial charge < -0.3 is 14.8 Å². The van der Waals surface area contributed by atoms with Crippen molar-refractivity contribution in [2.75, 3.05) is 26.3 Å². The molecule has 2 saturated carbocycles. The number of rotatable bonds is 4. The summed E-state index contributed by atoms with van der Waals surface area (Å²) in [4.78, 5) is 0. The van der Waals surface area contributed by atoms with Crippen LogP contribution in [-0.2, 0) is 5.41 Å². The van der Waals surface area contributed by atoms with Gasteiger partial charge in [-0.15, -0.1) is 0 Å². The predicted octanol–water partition coefficient (Wildman–Crippen LogP) is 3.27.